The highest BCUT2D eigenvalue weighted by molar-refractivity contribution is 7.15. The highest BCUT2D eigenvalue weighted by Crippen LogP contribution is 2.31. The first-order valence-electron chi connectivity index (χ1n) is 6.53. The molecule has 2 nitrogen and oxygen atoms in total. The Hall–Kier alpha value is -1.19. The second-order valence-corrected chi connectivity index (χ2v) is 6.18. The van der Waals surface area contributed by atoms with Crippen LogP contribution in [0.3, 0.4) is 0 Å². The van der Waals surface area contributed by atoms with Crippen LogP contribution in [-0.2, 0) is 13.0 Å². The van der Waals surface area contributed by atoms with Crippen molar-refractivity contribution in [2.75, 3.05) is 6.54 Å². The van der Waals surface area contributed by atoms with Gasteiger partial charge in [0.15, 0.2) is 0 Å². The van der Waals surface area contributed by atoms with Gasteiger partial charge in [0.2, 0.25) is 0 Å². The van der Waals surface area contributed by atoms with E-state index >= 15 is 0 Å². The van der Waals surface area contributed by atoms with Crippen molar-refractivity contribution in [2.24, 2.45) is 0 Å². The fourth-order valence-corrected chi connectivity index (χ4v) is 3.35. The molecule has 1 aliphatic heterocycles. The van der Waals surface area contributed by atoms with Gasteiger partial charge in [-0.15, -0.1) is 11.3 Å². The predicted molar refractivity (Wildman–Crippen MR) is 77.0 cm³/mol. The van der Waals surface area contributed by atoms with Gasteiger partial charge in [-0.1, -0.05) is 32.0 Å². The van der Waals surface area contributed by atoms with Crippen molar-refractivity contribution in [3.8, 4) is 10.6 Å². The summed E-state index contributed by atoms with van der Waals surface area (Å²) in [6, 6.07) is 8.79. The third-order valence-electron chi connectivity index (χ3n) is 3.40. The van der Waals surface area contributed by atoms with Crippen molar-refractivity contribution in [1.82, 2.24) is 10.3 Å². The number of hydrogen-bond donors (Lipinski definition) is 1. The van der Waals surface area contributed by atoms with Gasteiger partial charge in [-0.05, 0) is 17.5 Å². The van der Waals surface area contributed by atoms with Crippen LogP contribution in [0.5, 0.6) is 0 Å². The molecule has 0 unspecified atom stereocenters. The van der Waals surface area contributed by atoms with Crippen LogP contribution in [0, 0.1) is 0 Å². The maximum atomic E-state index is 4.80. The molecule has 1 N–H and O–H groups in total. The van der Waals surface area contributed by atoms with Crippen LogP contribution in [0.4, 0.5) is 0 Å². The van der Waals surface area contributed by atoms with Gasteiger partial charge in [0.05, 0.1) is 5.69 Å². The van der Waals surface area contributed by atoms with E-state index in [1.165, 1.54) is 26.7 Å². The van der Waals surface area contributed by atoms with E-state index in [0.717, 1.165) is 19.5 Å². The zero-order valence-corrected chi connectivity index (χ0v) is 11.7. The molecule has 0 amide bonds. The van der Waals surface area contributed by atoms with Crippen molar-refractivity contribution in [2.45, 2.75) is 32.7 Å². The molecule has 2 aromatic rings. The van der Waals surface area contributed by atoms with Crippen LogP contribution in [0.1, 0.15) is 35.9 Å². The van der Waals surface area contributed by atoms with E-state index in [1.54, 1.807) is 0 Å². The molecule has 0 radical (unpaired) electrons. The average Bonchev–Trinajstić information content (AvgIpc) is 2.82. The number of rotatable bonds is 2. The summed E-state index contributed by atoms with van der Waals surface area (Å²) in [6.45, 7) is 6.50. The molecule has 18 heavy (non-hydrogen) atoms. The molecule has 0 spiro atoms. The molecule has 94 valence electrons. The minimum atomic E-state index is 0.571. The number of nitrogens with zero attached hydrogens (tertiary/aromatic N) is 1. The Balaban J connectivity index is 1.99. The summed E-state index contributed by atoms with van der Waals surface area (Å²) in [7, 11) is 0. The summed E-state index contributed by atoms with van der Waals surface area (Å²) in [4.78, 5) is 6.21. The first-order valence-corrected chi connectivity index (χ1v) is 7.35. The average molecular weight is 258 g/mol. The van der Waals surface area contributed by atoms with Gasteiger partial charge in [0, 0.05) is 30.0 Å². The monoisotopic (exact) mass is 258 g/mol. The first kappa shape index (κ1) is 11.9. The zero-order chi connectivity index (χ0) is 12.5. The second-order valence-electron chi connectivity index (χ2n) is 5.10. The van der Waals surface area contributed by atoms with E-state index in [9.17, 15) is 0 Å². The minimum absolute atomic E-state index is 0.571. The van der Waals surface area contributed by atoms with E-state index in [0.29, 0.717) is 5.92 Å². The van der Waals surface area contributed by atoms with Crippen LogP contribution in [0.15, 0.2) is 24.3 Å². The lowest BCUT2D eigenvalue weighted by Crippen LogP contribution is -2.22. The van der Waals surface area contributed by atoms with Crippen LogP contribution >= 0.6 is 11.3 Å². The Bertz CT molecular complexity index is 534. The van der Waals surface area contributed by atoms with Crippen molar-refractivity contribution >= 4 is 11.3 Å². The molecule has 0 aliphatic carbocycles. The quantitative estimate of drug-likeness (QED) is 0.890. The first-order chi connectivity index (χ1) is 8.74. The molecule has 1 aromatic carbocycles. The molecule has 3 heteroatoms. The van der Waals surface area contributed by atoms with Crippen LogP contribution in [0.2, 0.25) is 0 Å². The molecule has 0 saturated heterocycles. The fourth-order valence-electron chi connectivity index (χ4n) is 2.28. The normalized spacial score (nSPS) is 14.8. The lowest BCUT2D eigenvalue weighted by atomic mass is 10.0. The van der Waals surface area contributed by atoms with Gasteiger partial charge in [0.1, 0.15) is 5.01 Å². The highest BCUT2D eigenvalue weighted by atomic mass is 32.1. The summed E-state index contributed by atoms with van der Waals surface area (Å²) < 4.78 is 0. The Labute approximate surface area is 112 Å². The maximum Gasteiger partial charge on any atom is 0.123 e. The maximum absolute atomic E-state index is 4.80. The fraction of sp³-hybridized carbons (Fsp3) is 0.400. The van der Waals surface area contributed by atoms with Gasteiger partial charge in [0.25, 0.3) is 0 Å². The lowest BCUT2D eigenvalue weighted by molar-refractivity contribution is 0.644. The van der Waals surface area contributed by atoms with Crippen molar-refractivity contribution in [3.63, 3.8) is 0 Å². The molecule has 3 rings (SSSR count). The molecule has 1 aromatic heterocycles. The molecule has 0 bridgehead atoms. The largest absolute Gasteiger partial charge is 0.311 e. The third-order valence-corrected chi connectivity index (χ3v) is 4.55. The van der Waals surface area contributed by atoms with Crippen LogP contribution in [-0.4, -0.2) is 11.5 Å². The summed E-state index contributed by atoms with van der Waals surface area (Å²) in [5.74, 6) is 0.571. The number of benzene rings is 1. The Morgan fingerprint density at radius 1 is 1.33 bits per heavy atom. The summed E-state index contributed by atoms with van der Waals surface area (Å²) >= 11 is 1.84. The van der Waals surface area contributed by atoms with Gasteiger partial charge >= 0.3 is 0 Å². The predicted octanol–water partition coefficient (Wildman–Crippen LogP) is 3.58. The number of thiazole rings is 1. The van der Waals surface area contributed by atoms with E-state index in [-0.39, 0.29) is 0 Å². The van der Waals surface area contributed by atoms with Crippen LogP contribution < -0.4 is 5.32 Å². The molecular weight excluding hydrogens is 240 g/mol. The number of hydrogen-bond acceptors (Lipinski definition) is 3. The Kier molecular flexibility index (Phi) is 3.18. The van der Waals surface area contributed by atoms with E-state index in [2.05, 4.69) is 43.4 Å². The van der Waals surface area contributed by atoms with Gasteiger partial charge in [-0.2, -0.15) is 0 Å². The highest BCUT2D eigenvalue weighted by Gasteiger charge is 2.15. The number of aromatic nitrogens is 1. The molecular formula is C15H18N2S. The Morgan fingerprint density at radius 3 is 3.00 bits per heavy atom. The summed E-state index contributed by atoms with van der Waals surface area (Å²) in [5, 5.41) is 4.58. The van der Waals surface area contributed by atoms with Crippen LogP contribution in [0.25, 0.3) is 10.6 Å². The number of nitrogens with one attached hydrogen (secondary N) is 1. The molecule has 0 saturated carbocycles. The van der Waals surface area contributed by atoms with Gasteiger partial charge in [-0.3, -0.25) is 0 Å². The van der Waals surface area contributed by atoms with E-state index in [4.69, 9.17) is 4.98 Å². The SMILES string of the molecule is CC(C)c1cccc(-c2nc3c(s2)CNCC3)c1. The van der Waals surface area contributed by atoms with E-state index in [1.807, 2.05) is 11.3 Å². The topological polar surface area (TPSA) is 24.9 Å². The summed E-state index contributed by atoms with van der Waals surface area (Å²) in [6.07, 6.45) is 1.07. The van der Waals surface area contributed by atoms with Crippen molar-refractivity contribution < 1.29 is 0 Å². The van der Waals surface area contributed by atoms with E-state index < -0.39 is 0 Å². The molecule has 0 atom stereocenters. The third kappa shape index (κ3) is 2.20. The minimum Gasteiger partial charge on any atom is -0.311 e. The Morgan fingerprint density at radius 2 is 2.22 bits per heavy atom. The van der Waals surface area contributed by atoms with Gasteiger partial charge in [-0.25, -0.2) is 4.98 Å². The molecule has 0 fully saturated rings. The number of fused-ring (bicyclic) bond motifs is 1. The molecule has 1 aliphatic rings. The molecule has 2 heterocycles. The van der Waals surface area contributed by atoms with Crippen molar-refractivity contribution in [1.29, 1.82) is 0 Å². The lowest BCUT2D eigenvalue weighted by Gasteiger charge is -2.09. The van der Waals surface area contributed by atoms with Crippen molar-refractivity contribution in [3.05, 3.63) is 40.4 Å². The standard InChI is InChI=1S/C15H18N2S/c1-10(2)11-4-3-5-12(8-11)15-17-13-6-7-16-9-14(13)18-15/h3-5,8,10,16H,6-7,9H2,1-2H3. The second kappa shape index (κ2) is 4.82. The smallest absolute Gasteiger partial charge is 0.123 e. The summed E-state index contributed by atoms with van der Waals surface area (Å²) in [5.41, 5.74) is 3.95. The zero-order valence-electron chi connectivity index (χ0n) is 10.9. The van der Waals surface area contributed by atoms with Gasteiger partial charge < -0.3 is 5.32 Å².